The molecule has 2 aliphatic rings. The first-order valence-corrected chi connectivity index (χ1v) is 8.66. The van der Waals surface area contributed by atoms with Crippen molar-refractivity contribution in [3.8, 4) is 0 Å². The highest BCUT2D eigenvalue weighted by Crippen LogP contribution is 2.25. The van der Waals surface area contributed by atoms with Gasteiger partial charge in [-0.3, -0.25) is 4.79 Å². The van der Waals surface area contributed by atoms with E-state index in [1.54, 1.807) is 11.3 Å². The molecule has 0 bridgehead atoms. The second-order valence-corrected chi connectivity index (χ2v) is 6.91. The van der Waals surface area contributed by atoms with Gasteiger partial charge < -0.3 is 10.2 Å². The molecule has 4 rings (SSSR count). The van der Waals surface area contributed by atoms with E-state index in [9.17, 15) is 4.79 Å². The highest BCUT2D eigenvalue weighted by atomic mass is 32.1. The van der Waals surface area contributed by atoms with Crippen LogP contribution >= 0.6 is 11.3 Å². The quantitative estimate of drug-likeness (QED) is 0.911. The van der Waals surface area contributed by atoms with Gasteiger partial charge >= 0.3 is 0 Å². The zero-order chi connectivity index (χ0) is 14.9. The number of thiophene rings is 1. The molecule has 7 heteroatoms. The molecule has 0 aliphatic carbocycles. The van der Waals surface area contributed by atoms with Gasteiger partial charge in [0, 0.05) is 18.0 Å². The molecule has 2 aromatic heterocycles. The number of aromatic nitrogens is 3. The van der Waals surface area contributed by atoms with Crippen LogP contribution in [0.3, 0.4) is 0 Å². The second-order valence-electron chi connectivity index (χ2n) is 5.91. The maximum absolute atomic E-state index is 12.6. The molecule has 0 radical (unpaired) electrons. The van der Waals surface area contributed by atoms with Crippen molar-refractivity contribution in [1.29, 1.82) is 0 Å². The minimum Gasteiger partial charge on any atom is -0.332 e. The van der Waals surface area contributed by atoms with Gasteiger partial charge in [0.2, 0.25) is 0 Å². The van der Waals surface area contributed by atoms with Crippen LogP contribution in [0, 0.1) is 0 Å². The molecule has 1 fully saturated rings. The molecule has 0 spiro atoms. The maximum atomic E-state index is 12.6. The fraction of sp³-hybridized carbons (Fsp3) is 0.533. The standard InChI is InChI=1S/C15H19N5OS/c21-15(19-7-3-14-11(9-19)4-8-22-14)13-10-20(18-17-13)12-1-5-16-6-2-12/h4,8,10,12,16H,1-3,5-7,9H2. The summed E-state index contributed by atoms with van der Waals surface area (Å²) in [7, 11) is 0. The van der Waals surface area contributed by atoms with Gasteiger partial charge in [0.05, 0.1) is 12.2 Å². The molecule has 1 amide bonds. The molecule has 2 aliphatic heterocycles. The van der Waals surface area contributed by atoms with Gasteiger partial charge in [0.1, 0.15) is 0 Å². The van der Waals surface area contributed by atoms with Crippen molar-refractivity contribution in [2.45, 2.75) is 31.8 Å². The minimum atomic E-state index is -0.00275. The zero-order valence-electron chi connectivity index (χ0n) is 12.4. The van der Waals surface area contributed by atoms with E-state index in [1.165, 1.54) is 10.4 Å². The summed E-state index contributed by atoms with van der Waals surface area (Å²) >= 11 is 1.78. The Hall–Kier alpha value is -1.73. The van der Waals surface area contributed by atoms with Gasteiger partial charge in [0.25, 0.3) is 5.91 Å². The van der Waals surface area contributed by atoms with E-state index in [-0.39, 0.29) is 5.91 Å². The Morgan fingerprint density at radius 1 is 1.36 bits per heavy atom. The first kappa shape index (κ1) is 13.9. The van der Waals surface area contributed by atoms with E-state index >= 15 is 0 Å². The third-order valence-corrected chi connectivity index (χ3v) is 5.53. The van der Waals surface area contributed by atoms with Gasteiger partial charge in [-0.25, -0.2) is 4.68 Å². The lowest BCUT2D eigenvalue weighted by Gasteiger charge is -2.26. The first-order valence-electron chi connectivity index (χ1n) is 7.78. The highest BCUT2D eigenvalue weighted by molar-refractivity contribution is 7.10. The predicted molar refractivity (Wildman–Crippen MR) is 83.9 cm³/mol. The van der Waals surface area contributed by atoms with Crippen molar-refractivity contribution in [3.63, 3.8) is 0 Å². The number of nitrogens with zero attached hydrogens (tertiary/aromatic N) is 4. The average molecular weight is 317 g/mol. The topological polar surface area (TPSA) is 63.1 Å². The third-order valence-electron chi connectivity index (χ3n) is 4.51. The predicted octanol–water partition coefficient (Wildman–Crippen LogP) is 1.46. The van der Waals surface area contributed by atoms with Crippen molar-refractivity contribution in [1.82, 2.24) is 25.2 Å². The van der Waals surface area contributed by atoms with Gasteiger partial charge in [-0.2, -0.15) is 0 Å². The molecule has 1 saturated heterocycles. The number of nitrogens with one attached hydrogen (secondary N) is 1. The lowest BCUT2D eigenvalue weighted by atomic mass is 10.1. The van der Waals surface area contributed by atoms with E-state index in [0.717, 1.165) is 38.9 Å². The molecule has 0 saturated carbocycles. The fourth-order valence-corrected chi connectivity index (χ4v) is 4.10. The Labute approximate surface area is 133 Å². The van der Waals surface area contributed by atoms with Crippen LogP contribution in [0.1, 0.15) is 39.8 Å². The monoisotopic (exact) mass is 317 g/mol. The number of hydrogen-bond acceptors (Lipinski definition) is 5. The van der Waals surface area contributed by atoms with E-state index in [2.05, 4.69) is 27.1 Å². The lowest BCUT2D eigenvalue weighted by molar-refractivity contribution is 0.0729. The van der Waals surface area contributed by atoms with Crippen molar-refractivity contribution < 1.29 is 4.79 Å². The summed E-state index contributed by atoms with van der Waals surface area (Å²) in [5.41, 5.74) is 1.74. The SMILES string of the molecule is O=C(c1cn(C2CCNCC2)nn1)N1CCc2sccc2C1. The van der Waals surface area contributed by atoms with Crippen LogP contribution in [0.25, 0.3) is 0 Å². The summed E-state index contributed by atoms with van der Waals surface area (Å²) in [5, 5.41) is 13.7. The Bertz CT molecular complexity index is 673. The lowest BCUT2D eigenvalue weighted by Crippen LogP contribution is -2.35. The van der Waals surface area contributed by atoms with Gasteiger partial charge in [-0.05, 0) is 49.4 Å². The number of fused-ring (bicyclic) bond motifs is 1. The smallest absolute Gasteiger partial charge is 0.276 e. The van der Waals surface area contributed by atoms with Crippen LogP contribution in [-0.2, 0) is 13.0 Å². The van der Waals surface area contributed by atoms with Crippen LogP contribution in [0.15, 0.2) is 17.6 Å². The van der Waals surface area contributed by atoms with Crippen molar-refractivity contribution in [2.75, 3.05) is 19.6 Å². The van der Waals surface area contributed by atoms with Gasteiger partial charge in [-0.1, -0.05) is 5.21 Å². The average Bonchev–Trinajstić information content (AvgIpc) is 3.23. The van der Waals surface area contributed by atoms with E-state index in [1.807, 2.05) is 15.8 Å². The molecule has 4 heterocycles. The number of rotatable bonds is 2. The van der Waals surface area contributed by atoms with Gasteiger partial charge in [0.15, 0.2) is 5.69 Å². The number of carbonyl (C=O) groups is 1. The van der Waals surface area contributed by atoms with Crippen molar-refractivity contribution in [2.24, 2.45) is 0 Å². The first-order chi connectivity index (χ1) is 10.8. The van der Waals surface area contributed by atoms with Gasteiger partial charge in [-0.15, -0.1) is 16.4 Å². The molecule has 2 aromatic rings. The van der Waals surface area contributed by atoms with Crippen molar-refractivity contribution in [3.05, 3.63) is 33.8 Å². The molecule has 0 unspecified atom stereocenters. The summed E-state index contributed by atoms with van der Waals surface area (Å²) in [4.78, 5) is 15.9. The molecule has 0 atom stereocenters. The Kier molecular flexibility index (Phi) is 3.67. The second kappa shape index (κ2) is 5.81. The van der Waals surface area contributed by atoms with Crippen LogP contribution in [0.4, 0.5) is 0 Å². The number of piperidine rings is 1. The number of amides is 1. The van der Waals surface area contributed by atoms with Crippen LogP contribution < -0.4 is 5.32 Å². The minimum absolute atomic E-state index is 0.00275. The third kappa shape index (κ3) is 2.55. The molecular weight excluding hydrogens is 298 g/mol. The summed E-state index contributed by atoms with van der Waals surface area (Å²) in [6.07, 6.45) is 4.85. The summed E-state index contributed by atoms with van der Waals surface area (Å²) < 4.78 is 1.87. The normalized spacial score (nSPS) is 19.2. The molecule has 0 aromatic carbocycles. The van der Waals surface area contributed by atoms with E-state index in [0.29, 0.717) is 18.3 Å². The van der Waals surface area contributed by atoms with E-state index in [4.69, 9.17) is 0 Å². The summed E-state index contributed by atoms with van der Waals surface area (Å²) in [5.74, 6) is -0.00275. The Morgan fingerprint density at radius 3 is 3.09 bits per heavy atom. The largest absolute Gasteiger partial charge is 0.332 e. The summed E-state index contributed by atoms with van der Waals surface area (Å²) in [6, 6.07) is 2.48. The number of carbonyl (C=O) groups excluding carboxylic acids is 1. The summed E-state index contributed by atoms with van der Waals surface area (Å²) in [6.45, 7) is 3.46. The van der Waals surface area contributed by atoms with Crippen LogP contribution in [0.5, 0.6) is 0 Å². The molecular formula is C15H19N5OS. The Morgan fingerprint density at radius 2 is 2.23 bits per heavy atom. The molecule has 6 nitrogen and oxygen atoms in total. The maximum Gasteiger partial charge on any atom is 0.276 e. The number of hydrogen-bond donors (Lipinski definition) is 1. The van der Waals surface area contributed by atoms with E-state index < -0.39 is 0 Å². The fourth-order valence-electron chi connectivity index (χ4n) is 3.21. The Balaban J connectivity index is 1.48. The molecule has 116 valence electrons. The zero-order valence-corrected chi connectivity index (χ0v) is 13.2. The highest BCUT2D eigenvalue weighted by Gasteiger charge is 2.25. The molecule has 22 heavy (non-hydrogen) atoms. The van der Waals surface area contributed by atoms with Crippen LogP contribution in [-0.4, -0.2) is 45.4 Å². The van der Waals surface area contributed by atoms with Crippen molar-refractivity contribution >= 4 is 17.2 Å². The van der Waals surface area contributed by atoms with Crippen LogP contribution in [0.2, 0.25) is 0 Å². The molecule has 1 N–H and O–H groups in total.